The molecule has 2 aliphatic rings. The highest BCUT2D eigenvalue weighted by Crippen LogP contribution is 2.19. The average molecular weight is 278 g/mol. The summed E-state index contributed by atoms with van der Waals surface area (Å²) in [5, 5.41) is 7.62. The van der Waals surface area contributed by atoms with Crippen molar-refractivity contribution >= 4 is 0 Å². The van der Waals surface area contributed by atoms with Gasteiger partial charge in [-0.2, -0.15) is 0 Å². The van der Waals surface area contributed by atoms with Crippen LogP contribution in [0.15, 0.2) is 10.6 Å². The molecule has 2 fully saturated rings. The third-order valence-electron chi connectivity index (χ3n) is 4.27. The van der Waals surface area contributed by atoms with E-state index < -0.39 is 0 Å². The molecule has 20 heavy (non-hydrogen) atoms. The summed E-state index contributed by atoms with van der Waals surface area (Å²) in [4.78, 5) is 4.99. The van der Waals surface area contributed by atoms with Crippen LogP contribution in [0.2, 0.25) is 0 Å². The molecular formula is C15H26N4O. The molecule has 1 aliphatic carbocycles. The molecule has 5 nitrogen and oxygen atoms in total. The maximum Gasteiger partial charge on any atom is 0.151 e. The van der Waals surface area contributed by atoms with Gasteiger partial charge in [0.15, 0.2) is 5.76 Å². The van der Waals surface area contributed by atoms with Gasteiger partial charge in [0.1, 0.15) is 0 Å². The Morgan fingerprint density at radius 1 is 1.30 bits per heavy atom. The van der Waals surface area contributed by atoms with Gasteiger partial charge < -0.3 is 9.84 Å². The predicted octanol–water partition coefficient (Wildman–Crippen LogP) is 1.45. The number of nitrogens with zero attached hydrogens (tertiary/aromatic N) is 3. The van der Waals surface area contributed by atoms with E-state index in [1.54, 1.807) is 0 Å². The van der Waals surface area contributed by atoms with E-state index >= 15 is 0 Å². The van der Waals surface area contributed by atoms with Crippen LogP contribution in [-0.4, -0.2) is 53.2 Å². The van der Waals surface area contributed by atoms with Gasteiger partial charge in [-0.3, -0.25) is 9.80 Å². The van der Waals surface area contributed by atoms with E-state index in [9.17, 15) is 0 Å². The standard InChI is InChI=1S/C15H26N4O/c1-12(2)19-7-5-18(6-8-19)11-15-9-14(17-20-15)10-16-13-3-4-13/h9,12-13,16H,3-8,10-11H2,1-2H3. The zero-order valence-corrected chi connectivity index (χ0v) is 12.6. The SMILES string of the molecule is CC(C)N1CCN(Cc2cc(CNC3CC3)no2)CC1. The van der Waals surface area contributed by atoms with Crippen molar-refractivity contribution < 1.29 is 4.52 Å². The Bertz CT molecular complexity index is 419. The quantitative estimate of drug-likeness (QED) is 0.853. The molecule has 0 amide bonds. The maximum absolute atomic E-state index is 5.45. The van der Waals surface area contributed by atoms with Crippen LogP contribution in [0, 0.1) is 0 Å². The molecule has 0 spiro atoms. The van der Waals surface area contributed by atoms with Crippen molar-refractivity contribution in [2.75, 3.05) is 26.2 Å². The van der Waals surface area contributed by atoms with Gasteiger partial charge in [-0.15, -0.1) is 0 Å². The highest BCUT2D eigenvalue weighted by Gasteiger charge is 2.22. The second-order valence-corrected chi connectivity index (χ2v) is 6.35. The van der Waals surface area contributed by atoms with E-state index in [1.165, 1.54) is 12.8 Å². The predicted molar refractivity (Wildman–Crippen MR) is 78.4 cm³/mol. The molecule has 2 heterocycles. The number of hydrogen-bond donors (Lipinski definition) is 1. The molecule has 1 N–H and O–H groups in total. The monoisotopic (exact) mass is 278 g/mol. The van der Waals surface area contributed by atoms with Crippen molar-refractivity contribution in [1.29, 1.82) is 0 Å². The molecule has 1 aromatic rings. The van der Waals surface area contributed by atoms with Crippen LogP contribution in [0.5, 0.6) is 0 Å². The van der Waals surface area contributed by atoms with Crippen LogP contribution < -0.4 is 5.32 Å². The lowest BCUT2D eigenvalue weighted by Crippen LogP contribution is -2.48. The highest BCUT2D eigenvalue weighted by atomic mass is 16.5. The minimum Gasteiger partial charge on any atom is -0.360 e. The van der Waals surface area contributed by atoms with Gasteiger partial charge in [-0.25, -0.2) is 0 Å². The molecule has 1 saturated carbocycles. The lowest BCUT2D eigenvalue weighted by molar-refractivity contribution is 0.0973. The first-order chi connectivity index (χ1) is 9.70. The van der Waals surface area contributed by atoms with Gasteiger partial charge in [0, 0.05) is 50.9 Å². The molecule has 0 atom stereocenters. The molecule has 0 bridgehead atoms. The van der Waals surface area contributed by atoms with Crippen molar-refractivity contribution in [3.63, 3.8) is 0 Å². The minimum atomic E-state index is 0.655. The van der Waals surface area contributed by atoms with Gasteiger partial charge in [-0.05, 0) is 26.7 Å². The molecular weight excluding hydrogens is 252 g/mol. The summed E-state index contributed by atoms with van der Waals surface area (Å²) in [5.41, 5.74) is 1.03. The molecule has 0 radical (unpaired) electrons. The summed E-state index contributed by atoms with van der Waals surface area (Å²) in [6.07, 6.45) is 2.62. The maximum atomic E-state index is 5.45. The first-order valence-electron chi connectivity index (χ1n) is 7.85. The summed E-state index contributed by atoms with van der Waals surface area (Å²) < 4.78 is 5.45. The van der Waals surface area contributed by atoms with E-state index in [0.29, 0.717) is 6.04 Å². The Morgan fingerprint density at radius 2 is 2.05 bits per heavy atom. The van der Waals surface area contributed by atoms with Crippen molar-refractivity contribution in [2.24, 2.45) is 0 Å². The molecule has 3 rings (SSSR count). The second kappa shape index (κ2) is 6.24. The topological polar surface area (TPSA) is 44.5 Å². The van der Waals surface area contributed by atoms with Crippen molar-refractivity contribution in [3.8, 4) is 0 Å². The summed E-state index contributed by atoms with van der Waals surface area (Å²) >= 11 is 0. The van der Waals surface area contributed by atoms with Crippen LogP contribution in [-0.2, 0) is 13.1 Å². The number of piperazine rings is 1. The van der Waals surface area contributed by atoms with Gasteiger partial charge in [0.2, 0.25) is 0 Å². The molecule has 112 valence electrons. The minimum absolute atomic E-state index is 0.655. The Morgan fingerprint density at radius 3 is 2.70 bits per heavy atom. The number of rotatable bonds is 6. The van der Waals surface area contributed by atoms with Crippen molar-refractivity contribution in [1.82, 2.24) is 20.3 Å². The van der Waals surface area contributed by atoms with Crippen LogP contribution in [0.4, 0.5) is 0 Å². The largest absolute Gasteiger partial charge is 0.360 e. The average Bonchev–Trinajstić information content (AvgIpc) is 3.17. The van der Waals surface area contributed by atoms with E-state index in [2.05, 4.69) is 40.2 Å². The zero-order chi connectivity index (χ0) is 13.9. The van der Waals surface area contributed by atoms with E-state index in [4.69, 9.17) is 4.52 Å². The third-order valence-corrected chi connectivity index (χ3v) is 4.27. The molecule has 0 aromatic carbocycles. The zero-order valence-electron chi connectivity index (χ0n) is 12.6. The third kappa shape index (κ3) is 3.81. The van der Waals surface area contributed by atoms with Crippen LogP contribution in [0.1, 0.15) is 38.1 Å². The molecule has 1 aliphatic heterocycles. The first-order valence-corrected chi connectivity index (χ1v) is 7.85. The molecule has 0 unspecified atom stereocenters. The van der Waals surface area contributed by atoms with Crippen molar-refractivity contribution in [3.05, 3.63) is 17.5 Å². The molecule has 5 heteroatoms. The summed E-state index contributed by atoms with van der Waals surface area (Å²) in [5.74, 6) is 0.996. The molecule has 1 aromatic heterocycles. The van der Waals surface area contributed by atoms with Gasteiger partial charge in [-0.1, -0.05) is 5.16 Å². The molecule has 1 saturated heterocycles. The van der Waals surface area contributed by atoms with Crippen LogP contribution >= 0.6 is 0 Å². The fraction of sp³-hybridized carbons (Fsp3) is 0.800. The lowest BCUT2D eigenvalue weighted by Gasteiger charge is -2.36. The number of hydrogen-bond acceptors (Lipinski definition) is 5. The Labute approximate surface area is 121 Å². The normalized spacial score (nSPS) is 21.8. The van der Waals surface area contributed by atoms with Crippen LogP contribution in [0.25, 0.3) is 0 Å². The Hall–Kier alpha value is -0.910. The van der Waals surface area contributed by atoms with Gasteiger partial charge >= 0.3 is 0 Å². The lowest BCUT2D eigenvalue weighted by atomic mass is 10.2. The van der Waals surface area contributed by atoms with Gasteiger partial charge in [0.25, 0.3) is 0 Å². The first kappa shape index (κ1) is 14.0. The van der Waals surface area contributed by atoms with E-state index in [0.717, 1.165) is 56.8 Å². The van der Waals surface area contributed by atoms with E-state index in [-0.39, 0.29) is 0 Å². The smallest absolute Gasteiger partial charge is 0.151 e. The number of aromatic nitrogens is 1. The number of nitrogens with one attached hydrogen (secondary N) is 1. The Kier molecular flexibility index (Phi) is 4.38. The Balaban J connectivity index is 1.43. The fourth-order valence-electron chi connectivity index (χ4n) is 2.71. The van der Waals surface area contributed by atoms with Crippen LogP contribution in [0.3, 0.4) is 0 Å². The highest BCUT2D eigenvalue weighted by molar-refractivity contribution is 5.06. The summed E-state index contributed by atoms with van der Waals surface area (Å²) in [7, 11) is 0. The van der Waals surface area contributed by atoms with E-state index in [1.807, 2.05) is 0 Å². The fourth-order valence-corrected chi connectivity index (χ4v) is 2.71. The summed E-state index contributed by atoms with van der Waals surface area (Å²) in [6.45, 7) is 10.8. The summed E-state index contributed by atoms with van der Waals surface area (Å²) in [6, 6.07) is 3.48. The van der Waals surface area contributed by atoms with Gasteiger partial charge in [0.05, 0.1) is 12.2 Å². The second-order valence-electron chi connectivity index (χ2n) is 6.35. The van der Waals surface area contributed by atoms with Crippen molar-refractivity contribution in [2.45, 2.75) is 51.9 Å².